The number of benzene rings is 1. The number of carbonyl (C=O) groups is 2. The lowest BCUT2D eigenvalue weighted by Gasteiger charge is -2.31. The van der Waals surface area contributed by atoms with E-state index in [4.69, 9.17) is 32.4 Å². The molecular formula is C17H15Cl2NO4. The molecule has 0 radical (unpaired) electrons. The van der Waals surface area contributed by atoms with Crippen molar-refractivity contribution in [1.82, 2.24) is 4.90 Å². The number of hydrogen-bond donors (Lipinski definition) is 0. The van der Waals surface area contributed by atoms with Crippen LogP contribution in [0.15, 0.2) is 41.2 Å². The van der Waals surface area contributed by atoms with Crippen molar-refractivity contribution in [2.75, 3.05) is 13.1 Å². The highest BCUT2D eigenvalue weighted by atomic mass is 35.5. The van der Waals surface area contributed by atoms with Gasteiger partial charge in [0, 0.05) is 19.2 Å². The molecule has 0 bridgehead atoms. The molecule has 24 heavy (non-hydrogen) atoms. The Morgan fingerprint density at radius 2 is 2.04 bits per heavy atom. The Morgan fingerprint density at radius 3 is 2.75 bits per heavy atom. The molecule has 2 aromatic rings. The molecule has 1 atom stereocenters. The standard InChI is InChI=1S/C17H15Cl2NO4/c18-14-4-3-13(8-15(14)19)24-17(22)11-2-1-6-20(9-11)16(21)12-5-7-23-10-12/h3-5,7-8,10-11H,1-2,6,9H2. The number of rotatable bonds is 3. The lowest BCUT2D eigenvalue weighted by atomic mass is 9.97. The second kappa shape index (κ2) is 7.28. The molecule has 3 rings (SSSR count). The predicted octanol–water partition coefficient (Wildman–Crippen LogP) is 4.04. The average Bonchev–Trinajstić information content (AvgIpc) is 3.12. The lowest BCUT2D eigenvalue weighted by molar-refractivity contribution is -0.140. The molecule has 1 aromatic heterocycles. The van der Waals surface area contributed by atoms with Gasteiger partial charge in [0.2, 0.25) is 0 Å². The second-order valence-electron chi connectivity index (χ2n) is 5.60. The van der Waals surface area contributed by atoms with Crippen molar-refractivity contribution < 1.29 is 18.7 Å². The quantitative estimate of drug-likeness (QED) is 0.606. The Labute approximate surface area is 149 Å². The zero-order valence-corrected chi connectivity index (χ0v) is 14.2. The minimum Gasteiger partial charge on any atom is -0.472 e. The summed E-state index contributed by atoms with van der Waals surface area (Å²) in [5.74, 6) is -0.550. The molecule has 126 valence electrons. The second-order valence-corrected chi connectivity index (χ2v) is 6.41. The van der Waals surface area contributed by atoms with E-state index in [1.807, 2.05) is 0 Å². The van der Waals surface area contributed by atoms with Crippen LogP contribution in [0.1, 0.15) is 23.2 Å². The summed E-state index contributed by atoms with van der Waals surface area (Å²) in [6.45, 7) is 0.935. The Balaban J connectivity index is 1.64. The number of halogens is 2. The van der Waals surface area contributed by atoms with Crippen molar-refractivity contribution in [2.45, 2.75) is 12.8 Å². The summed E-state index contributed by atoms with van der Waals surface area (Å²) >= 11 is 11.8. The highest BCUT2D eigenvalue weighted by molar-refractivity contribution is 6.42. The molecule has 0 aliphatic carbocycles. The van der Waals surface area contributed by atoms with Crippen LogP contribution in [0, 0.1) is 5.92 Å². The largest absolute Gasteiger partial charge is 0.472 e. The fourth-order valence-corrected chi connectivity index (χ4v) is 2.95. The number of amides is 1. The first-order valence-electron chi connectivity index (χ1n) is 7.53. The maximum absolute atomic E-state index is 12.4. The molecule has 7 heteroatoms. The molecular weight excluding hydrogens is 353 g/mol. The van der Waals surface area contributed by atoms with Crippen molar-refractivity contribution >= 4 is 35.1 Å². The molecule has 1 amide bonds. The van der Waals surface area contributed by atoms with Crippen LogP contribution >= 0.6 is 23.2 Å². The van der Waals surface area contributed by atoms with Gasteiger partial charge in [-0.15, -0.1) is 0 Å². The zero-order chi connectivity index (χ0) is 17.1. The Bertz CT molecular complexity index is 745. The summed E-state index contributed by atoms with van der Waals surface area (Å²) in [5, 5.41) is 0.716. The fourth-order valence-electron chi connectivity index (χ4n) is 2.66. The van der Waals surface area contributed by atoms with E-state index in [0.717, 1.165) is 6.42 Å². The first kappa shape index (κ1) is 16.9. The molecule has 1 fully saturated rings. The van der Waals surface area contributed by atoms with Crippen LogP contribution in [0.5, 0.6) is 5.75 Å². The van der Waals surface area contributed by atoms with Gasteiger partial charge in [-0.3, -0.25) is 9.59 Å². The van der Waals surface area contributed by atoms with Crippen LogP contribution < -0.4 is 4.74 Å². The molecule has 1 unspecified atom stereocenters. The first-order chi connectivity index (χ1) is 11.5. The van der Waals surface area contributed by atoms with E-state index in [9.17, 15) is 9.59 Å². The van der Waals surface area contributed by atoms with Crippen molar-refractivity contribution in [1.29, 1.82) is 0 Å². The van der Waals surface area contributed by atoms with E-state index < -0.39 is 0 Å². The van der Waals surface area contributed by atoms with Crippen molar-refractivity contribution in [3.63, 3.8) is 0 Å². The highest BCUT2D eigenvalue weighted by Gasteiger charge is 2.30. The molecule has 2 heterocycles. The third kappa shape index (κ3) is 3.74. The number of nitrogens with zero attached hydrogens (tertiary/aromatic N) is 1. The maximum atomic E-state index is 12.4. The molecule has 0 spiro atoms. The topological polar surface area (TPSA) is 59.8 Å². The smallest absolute Gasteiger partial charge is 0.316 e. The summed E-state index contributed by atoms with van der Waals surface area (Å²) < 4.78 is 10.3. The van der Waals surface area contributed by atoms with Gasteiger partial charge in [0.15, 0.2) is 0 Å². The van der Waals surface area contributed by atoms with Gasteiger partial charge in [0.05, 0.1) is 27.8 Å². The Hall–Kier alpha value is -1.98. The summed E-state index contributed by atoms with van der Waals surface area (Å²) in [6, 6.07) is 6.27. The number of carbonyl (C=O) groups excluding carboxylic acids is 2. The molecule has 0 N–H and O–H groups in total. The summed E-state index contributed by atoms with van der Waals surface area (Å²) in [6.07, 6.45) is 4.27. The van der Waals surface area contributed by atoms with Gasteiger partial charge < -0.3 is 14.1 Å². The minimum atomic E-state index is -0.377. The maximum Gasteiger partial charge on any atom is 0.316 e. The van der Waals surface area contributed by atoms with E-state index in [2.05, 4.69) is 0 Å². The lowest BCUT2D eigenvalue weighted by Crippen LogP contribution is -2.43. The van der Waals surface area contributed by atoms with E-state index in [0.29, 0.717) is 40.9 Å². The zero-order valence-electron chi connectivity index (χ0n) is 12.7. The fraction of sp³-hybridized carbons (Fsp3) is 0.294. The number of piperidine rings is 1. The minimum absolute atomic E-state index is 0.143. The van der Waals surface area contributed by atoms with Gasteiger partial charge in [0.1, 0.15) is 12.0 Å². The van der Waals surface area contributed by atoms with Crippen LogP contribution in [0.3, 0.4) is 0 Å². The normalized spacial score (nSPS) is 17.6. The highest BCUT2D eigenvalue weighted by Crippen LogP contribution is 2.28. The van der Waals surface area contributed by atoms with E-state index in [-0.39, 0.29) is 17.8 Å². The predicted molar refractivity (Wildman–Crippen MR) is 89.4 cm³/mol. The SMILES string of the molecule is O=C(Oc1ccc(Cl)c(Cl)c1)C1CCCN(C(=O)c2ccoc2)C1. The van der Waals surface area contributed by atoms with E-state index in [1.165, 1.54) is 18.6 Å². The van der Waals surface area contributed by atoms with Crippen molar-refractivity contribution in [2.24, 2.45) is 5.92 Å². The molecule has 1 aliphatic rings. The van der Waals surface area contributed by atoms with Gasteiger partial charge in [-0.25, -0.2) is 0 Å². The van der Waals surface area contributed by atoms with Crippen LogP contribution in [-0.2, 0) is 4.79 Å². The number of hydrogen-bond acceptors (Lipinski definition) is 4. The van der Waals surface area contributed by atoms with E-state index in [1.54, 1.807) is 23.1 Å². The molecule has 1 aliphatic heterocycles. The van der Waals surface area contributed by atoms with E-state index >= 15 is 0 Å². The molecule has 1 saturated heterocycles. The van der Waals surface area contributed by atoms with Crippen LogP contribution in [0.2, 0.25) is 10.0 Å². The van der Waals surface area contributed by atoms with Gasteiger partial charge in [0.25, 0.3) is 5.91 Å². The summed E-state index contributed by atoms with van der Waals surface area (Å²) in [5.41, 5.74) is 0.480. The summed E-state index contributed by atoms with van der Waals surface area (Å²) in [7, 11) is 0. The van der Waals surface area contributed by atoms with Crippen LogP contribution in [0.25, 0.3) is 0 Å². The number of ether oxygens (including phenoxy) is 1. The third-order valence-corrected chi connectivity index (χ3v) is 4.66. The number of likely N-dealkylation sites (tertiary alicyclic amines) is 1. The number of esters is 1. The first-order valence-corrected chi connectivity index (χ1v) is 8.28. The molecule has 5 nitrogen and oxygen atoms in total. The van der Waals surface area contributed by atoms with Gasteiger partial charge in [-0.2, -0.15) is 0 Å². The van der Waals surface area contributed by atoms with Crippen LogP contribution in [0.4, 0.5) is 0 Å². The monoisotopic (exact) mass is 367 g/mol. The van der Waals surface area contributed by atoms with Gasteiger partial charge >= 0.3 is 5.97 Å². The molecule has 1 aromatic carbocycles. The summed E-state index contributed by atoms with van der Waals surface area (Å²) in [4.78, 5) is 26.4. The Morgan fingerprint density at radius 1 is 1.21 bits per heavy atom. The van der Waals surface area contributed by atoms with Crippen molar-refractivity contribution in [3.05, 3.63) is 52.4 Å². The van der Waals surface area contributed by atoms with Crippen molar-refractivity contribution in [3.8, 4) is 5.75 Å². The number of furan rings is 1. The third-order valence-electron chi connectivity index (χ3n) is 3.92. The molecule has 0 saturated carbocycles. The van der Waals surface area contributed by atoms with Gasteiger partial charge in [-0.1, -0.05) is 23.2 Å². The average molecular weight is 368 g/mol. The Kier molecular flexibility index (Phi) is 5.11. The van der Waals surface area contributed by atoms with Gasteiger partial charge in [-0.05, 0) is 31.0 Å². The van der Waals surface area contributed by atoms with Crippen LogP contribution in [-0.4, -0.2) is 29.9 Å².